The van der Waals surface area contributed by atoms with Gasteiger partial charge in [0.15, 0.2) is 0 Å². The van der Waals surface area contributed by atoms with Crippen molar-refractivity contribution in [1.29, 1.82) is 0 Å². The molecule has 0 atom stereocenters. The van der Waals surface area contributed by atoms with Gasteiger partial charge < -0.3 is 5.73 Å². The van der Waals surface area contributed by atoms with Crippen LogP contribution in [0.4, 0.5) is 4.39 Å². The molecule has 0 amide bonds. The number of aromatic nitrogens is 1. The van der Waals surface area contributed by atoms with Gasteiger partial charge >= 0.3 is 0 Å². The highest BCUT2D eigenvalue weighted by molar-refractivity contribution is 7.09. The number of hydrogen-bond acceptors (Lipinski definition) is 3. The van der Waals surface area contributed by atoms with Crippen molar-refractivity contribution < 1.29 is 4.39 Å². The van der Waals surface area contributed by atoms with Crippen molar-refractivity contribution >= 4 is 11.3 Å². The highest BCUT2D eigenvalue weighted by atomic mass is 32.1. The smallest absolute Gasteiger partial charge is 0.123 e. The zero-order valence-corrected chi connectivity index (χ0v) is 10.8. The molecule has 0 radical (unpaired) electrons. The molecule has 0 spiro atoms. The number of rotatable bonds is 3. The Bertz CT molecular complexity index is 546. The third-order valence-electron chi connectivity index (χ3n) is 3.41. The quantitative estimate of drug-likeness (QED) is 0.922. The van der Waals surface area contributed by atoms with Gasteiger partial charge in [-0.05, 0) is 30.9 Å². The lowest BCUT2D eigenvalue weighted by Gasteiger charge is -2.31. The molecule has 1 aliphatic rings. The maximum atomic E-state index is 13.1. The van der Waals surface area contributed by atoms with E-state index in [1.165, 1.54) is 12.1 Å². The lowest BCUT2D eigenvalue weighted by atomic mass is 9.79. The van der Waals surface area contributed by atoms with E-state index in [1.807, 2.05) is 11.4 Å². The molecule has 3 rings (SSSR count). The Labute approximate surface area is 110 Å². The summed E-state index contributed by atoms with van der Waals surface area (Å²) in [5.41, 5.74) is 7.50. The number of thiazole rings is 1. The number of halogens is 1. The molecule has 1 saturated carbocycles. The highest BCUT2D eigenvalue weighted by Gasteiger charge is 2.26. The summed E-state index contributed by atoms with van der Waals surface area (Å²) in [7, 11) is 0. The van der Waals surface area contributed by atoms with Gasteiger partial charge in [0.1, 0.15) is 5.82 Å². The second-order valence-electron chi connectivity index (χ2n) is 4.94. The molecule has 2 aromatic rings. The summed E-state index contributed by atoms with van der Waals surface area (Å²) in [5.74, 6) is 0.471. The lowest BCUT2D eigenvalue weighted by molar-refractivity contribution is 0.264. The Hall–Kier alpha value is -1.26. The third kappa shape index (κ3) is 2.44. The molecule has 1 fully saturated rings. The summed E-state index contributed by atoms with van der Waals surface area (Å²) < 4.78 is 13.1. The van der Waals surface area contributed by atoms with Gasteiger partial charge in [0.05, 0.1) is 10.7 Å². The van der Waals surface area contributed by atoms with E-state index in [9.17, 15) is 4.39 Å². The second kappa shape index (κ2) is 4.78. The second-order valence-corrected chi connectivity index (χ2v) is 5.88. The van der Waals surface area contributed by atoms with Crippen molar-refractivity contribution in [2.45, 2.75) is 25.3 Å². The van der Waals surface area contributed by atoms with Gasteiger partial charge in [0.2, 0.25) is 0 Å². The average Bonchev–Trinajstić information content (AvgIpc) is 2.76. The van der Waals surface area contributed by atoms with E-state index in [0.717, 1.165) is 35.5 Å². The molecule has 1 aromatic carbocycles. The SMILES string of the molecule is NC1CC(Cc2nc(-c3cccc(F)c3)cs2)C1. The van der Waals surface area contributed by atoms with Crippen molar-refractivity contribution in [3.05, 3.63) is 40.5 Å². The van der Waals surface area contributed by atoms with Gasteiger partial charge in [-0.2, -0.15) is 0 Å². The van der Waals surface area contributed by atoms with Crippen LogP contribution in [0.3, 0.4) is 0 Å². The van der Waals surface area contributed by atoms with E-state index in [0.29, 0.717) is 12.0 Å². The van der Waals surface area contributed by atoms with Crippen LogP contribution in [-0.4, -0.2) is 11.0 Å². The summed E-state index contributed by atoms with van der Waals surface area (Å²) in [6.45, 7) is 0. The van der Waals surface area contributed by atoms with Crippen LogP contribution in [0.1, 0.15) is 17.8 Å². The van der Waals surface area contributed by atoms with E-state index in [-0.39, 0.29) is 5.82 Å². The van der Waals surface area contributed by atoms with Crippen LogP contribution in [0.2, 0.25) is 0 Å². The molecular weight excluding hydrogens is 247 g/mol. The van der Waals surface area contributed by atoms with Crippen molar-refractivity contribution in [2.24, 2.45) is 11.7 Å². The monoisotopic (exact) mass is 262 g/mol. The van der Waals surface area contributed by atoms with Crippen molar-refractivity contribution in [3.8, 4) is 11.3 Å². The van der Waals surface area contributed by atoms with Gasteiger partial charge in [-0.25, -0.2) is 9.37 Å². The van der Waals surface area contributed by atoms with Crippen LogP contribution in [0, 0.1) is 11.7 Å². The first-order valence-corrected chi connectivity index (χ1v) is 7.04. The molecule has 18 heavy (non-hydrogen) atoms. The average molecular weight is 262 g/mol. The molecule has 0 aliphatic heterocycles. The Morgan fingerprint density at radius 3 is 2.94 bits per heavy atom. The minimum Gasteiger partial charge on any atom is -0.328 e. The standard InChI is InChI=1S/C14H15FN2S/c15-11-3-1-2-10(7-11)13-8-18-14(17-13)6-9-4-12(16)5-9/h1-3,7-9,12H,4-6,16H2. The normalized spacial score (nSPS) is 22.8. The summed E-state index contributed by atoms with van der Waals surface area (Å²) in [6, 6.07) is 6.97. The fourth-order valence-corrected chi connectivity index (χ4v) is 3.31. The van der Waals surface area contributed by atoms with E-state index in [2.05, 4.69) is 4.98 Å². The van der Waals surface area contributed by atoms with Crippen molar-refractivity contribution in [1.82, 2.24) is 4.98 Å². The molecular formula is C14H15FN2S. The van der Waals surface area contributed by atoms with Crippen molar-refractivity contribution in [3.63, 3.8) is 0 Å². The van der Waals surface area contributed by atoms with E-state index in [1.54, 1.807) is 17.4 Å². The first-order chi connectivity index (χ1) is 8.70. The minimum atomic E-state index is -0.216. The molecule has 2 nitrogen and oxygen atoms in total. The maximum absolute atomic E-state index is 13.1. The molecule has 0 saturated heterocycles. The van der Waals surface area contributed by atoms with E-state index in [4.69, 9.17) is 5.73 Å². The molecule has 0 bridgehead atoms. The number of benzene rings is 1. The zero-order valence-electron chi connectivity index (χ0n) is 9.97. The molecule has 1 heterocycles. The molecule has 94 valence electrons. The first-order valence-electron chi connectivity index (χ1n) is 6.16. The Balaban J connectivity index is 1.73. The molecule has 2 N–H and O–H groups in total. The Morgan fingerprint density at radius 2 is 2.22 bits per heavy atom. The summed E-state index contributed by atoms with van der Waals surface area (Å²) >= 11 is 1.65. The zero-order chi connectivity index (χ0) is 12.5. The van der Waals surface area contributed by atoms with Crippen LogP contribution >= 0.6 is 11.3 Å². The van der Waals surface area contributed by atoms with Crippen LogP contribution in [0.5, 0.6) is 0 Å². The van der Waals surface area contributed by atoms with Crippen LogP contribution in [0.15, 0.2) is 29.6 Å². The third-order valence-corrected chi connectivity index (χ3v) is 4.28. The van der Waals surface area contributed by atoms with Gasteiger partial charge in [0.25, 0.3) is 0 Å². The van der Waals surface area contributed by atoms with Gasteiger partial charge in [-0.1, -0.05) is 12.1 Å². The van der Waals surface area contributed by atoms with Crippen LogP contribution in [-0.2, 0) is 6.42 Å². The van der Waals surface area contributed by atoms with Crippen LogP contribution in [0.25, 0.3) is 11.3 Å². The predicted molar refractivity (Wildman–Crippen MR) is 71.9 cm³/mol. The fourth-order valence-electron chi connectivity index (χ4n) is 2.39. The van der Waals surface area contributed by atoms with E-state index >= 15 is 0 Å². The Kier molecular flexibility index (Phi) is 3.14. The largest absolute Gasteiger partial charge is 0.328 e. The molecule has 1 aliphatic carbocycles. The molecule has 1 aromatic heterocycles. The predicted octanol–water partition coefficient (Wildman–Crippen LogP) is 3.23. The maximum Gasteiger partial charge on any atom is 0.123 e. The lowest BCUT2D eigenvalue weighted by Crippen LogP contribution is -2.37. The molecule has 4 heteroatoms. The minimum absolute atomic E-state index is 0.216. The van der Waals surface area contributed by atoms with Gasteiger partial charge in [-0.15, -0.1) is 11.3 Å². The summed E-state index contributed by atoms with van der Waals surface area (Å²) in [6.07, 6.45) is 3.22. The number of hydrogen-bond donors (Lipinski definition) is 1. The van der Waals surface area contributed by atoms with Gasteiger partial charge in [0, 0.05) is 23.4 Å². The number of nitrogens with zero attached hydrogens (tertiary/aromatic N) is 1. The van der Waals surface area contributed by atoms with Crippen molar-refractivity contribution in [2.75, 3.05) is 0 Å². The fraction of sp³-hybridized carbons (Fsp3) is 0.357. The number of nitrogens with two attached hydrogens (primary N) is 1. The van der Waals surface area contributed by atoms with E-state index < -0.39 is 0 Å². The summed E-state index contributed by atoms with van der Waals surface area (Å²) in [4.78, 5) is 4.58. The Morgan fingerprint density at radius 1 is 1.39 bits per heavy atom. The van der Waals surface area contributed by atoms with Gasteiger partial charge in [-0.3, -0.25) is 0 Å². The molecule has 0 unspecified atom stereocenters. The highest BCUT2D eigenvalue weighted by Crippen LogP contribution is 2.31. The topological polar surface area (TPSA) is 38.9 Å². The summed E-state index contributed by atoms with van der Waals surface area (Å²) in [5, 5.41) is 3.13. The van der Waals surface area contributed by atoms with Crippen LogP contribution < -0.4 is 5.73 Å². The first kappa shape index (κ1) is 11.8.